The lowest BCUT2D eigenvalue weighted by molar-refractivity contribution is -0.163. The van der Waals surface area contributed by atoms with Crippen molar-refractivity contribution < 1.29 is 14.3 Å². The molecule has 3 atom stereocenters. The van der Waals surface area contributed by atoms with Gasteiger partial charge in [-0.15, -0.1) is 0 Å². The van der Waals surface area contributed by atoms with Crippen LogP contribution in [0.15, 0.2) is 91.0 Å². The summed E-state index contributed by atoms with van der Waals surface area (Å²) in [5.41, 5.74) is 2.99. The van der Waals surface area contributed by atoms with Gasteiger partial charge < -0.3 is 4.74 Å². The Morgan fingerprint density at radius 1 is 0.700 bits per heavy atom. The fraction of sp³-hybridized carbons (Fsp3) is 0.259. The van der Waals surface area contributed by atoms with Gasteiger partial charge >= 0.3 is 5.97 Å². The highest BCUT2D eigenvalue weighted by atomic mass is 16.5. The topological polar surface area (TPSA) is 43.4 Å². The molecule has 0 unspecified atom stereocenters. The van der Waals surface area contributed by atoms with Crippen LogP contribution in [0.25, 0.3) is 0 Å². The Morgan fingerprint density at radius 2 is 1.13 bits per heavy atom. The summed E-state index contributed by atoms with van der Waals surface area (Å²) in [6.07, 6.45) is -0.345. The molecule has 3 aromatic carbocycles. The highest BCUT2D eigenvalue weighted by molar-refractivity contribution is 5.88. The monoisotopic (exact) mass is 398 g/mol. The lowest BCUT2D eigenvalue weighted by atomic mass is 9.51. The molecule has 0 spiro atoms. The number of hydrogen-bond donors (Lipinski definition) is 0. The van der Waals surface area contributed by atoms with E-state index < -0.39 is 5.92 Å². The SMILES string of the molecule is CC(=O)[C@H]1[C@@H](c2ccccc2)[C@@H](C(=O)O[C@@H](C)c2ccccc2)[C@@H]1c1ccccc1. The second kappa shape index (κ2) is 8.66. The summed E-state index contributed by atoms with van der Waals surface area (Å²) in [6, 6.07) is 29.5. The smallest absolute Gasteiger partial charge is 0.310 e. The van der Waals surface area contributed by atoms with Gasteiger partial charge in [0.15, 0.2) is 0 Å². The number of Topliss-reactive ketones (excluding diaryl/α,β-unsaturated/α-hetero) is 1. The summed E-state index contributed by atoms with van der Waals surface area (Å²) in [7, 11) is 0. The second-order valence-electron chi connectivity index (χ2n) is 8.02. The lowest BCUT2D eigenvalue weighted by Crippen LogP contribution is -2.51. The van der Waals surface area contributed by atoms with Crippen molar-refractivity contribution in [1.29, 1.82) is 0 Å². The van der Waals surface area contributed by atoms with Crippen molar-refractivity contribution in [2.75, 3.05) is 0 Å². The van der Waals surface area contributed by atoms with E-state index in [0.717, 1.165) is 16.7 Å². The van der Waals surface area contributed by atoms with Crippen molar-refractivity contribution in [2.45, 2.75) is 31.8 Å². The Hall–Kier alpha value is -3.20. The highest BCUT2D eigenvalue weighted by Crippen LogP contribution is 2.58. The molecule has 30 heavy (non-hydrogen) atoms. The van der Waals surface area contributed by atoms with Gasteiger partial charge in [-0.1, -0.05) is 91.0 Å². The van der Waals surface area contributed by atoms with Crippen LogP contribution in [0, 0.1) is 11.8 Å². The van der Waals surface area contributed by atoms with E-state index in [0.29, 0.717) is 0 Å². The molecule has 0 heterocycles. The molecule has 1 aliphatic carbocycles. The largest absolute Gasteiger partial charge is 0.458 e. The Bertz CT molecular complexity index is 951. The van der Waals surface area contributed by atoms with Gasteiger partial charge in [0.1, 0.15) is 11.9 Å². The molecular weight excluding hydrogens is 372 g/mol. The van der Waals surface area contributed by atoms with Gasteiger partial charge in [0, 0.05) is 17.8 Å². The lowest BCUT2D eigenvalue weighted by Gasteiger charge is -2.50. The predicted octanol–water partition coefficient (Wildman–Crippen LogP) is 5.69. The number of ether oxygens (including phenoxy) is 1. The van der Waals surface area contributed by atoms with Crippen LogP contribution in [0.4, 0.5) is 0 Å². The predicted molar refractivity (Wildman–Crippen MR) is 117 cm³/mol. The fourth-order valence-electron chi connectivity index (χ4n) is 4.77. The molecule has 0 radical (unpaired) electrons. The van der Waals surface area contributed by atoms with Crippen LogP contribution < -0.4 is 0 Å². The average Bonchev–Trinajstić information content (AvgIpc) is 2.75. The average molecular weight is 399 g/mol. The number of hydrogen-bond acceptors (Lipinski definition) is 3. The number of carbonyl (C=O) groups is 2. The zero-order chi connectivity index (χ0) is 21.1. The molecule has 1 aliphatic rings. The molecule has 3 aromatic rings. The molecule has 1 saturated carbocycles. The first-order valence-electron chi connectivity index (χ1n) is 10.4. The van der Waals surface area contributed by atoms with E-state index in [9.17, 15) is 9.59 Å². The maximum atomic E-state index is 13.4. The van der Waals surface area contributed by atoms with E-state index >= 15 is 0 Å². The molecule has 4 rings (SSSR count). The van der Waals surface area contributed by atoms with E-state index in [-0.39, 0.29) is 35.6 Å². The third-order valence-electron chi connectivity index (χ3n) is 6.22. The van der Waals surface area contributed by atoms with E-state index in [1.54, 1.807) is 6.92 Å². The molecule has 0 amide bonds. The Kier molecular flexibility index (Phi) is 5.80. The van der Waals surface area contributed by atoms with Crippen LogP contribution >= 0.6 is 0 Å². The van der Waals surface area contributed by atoms with Crippen LogP contribution in [-0.4, -0.2) is 11.8 Å². The van der Waals surface area contributed by atoms with E-state index in [2.05, 4.69) is 0 Å². The summed E-state index contributed by atoms with van der Waals surface area (Å²) in [5, 5.41) is 0. The van der Waals surface area contributed by atoms with Crippen molar-refractivity contribution in [3.63, 3.8) is 0 Å². The Morgan fingerprint density at radius 3 is 1.57 bits per heavy atom. The first-order chi connectivity index (χ1) is 14.6. The van der Waals surface area contributed by atoms with Crippen LogP contribution in [0.2, 0.25) is 0 Å². The zero-order valence-electron chi connectivity index (χ0n) is 17.3. The standard InChI is InChI=1S/C27H26O3/c1-18(28)23-24(21-14-8-4-9-15-21)26(25(23)22-16-10-5-11-17-22)27(29)30-19(2)20-12-6-3-7-13-20/h3-17,19,23-26H,1-2H3/t19-,23-,24+,25+,26+/m0/s1. The third kappa shape index (κ3) is 3.80. The van der Waals surface area contributed by atoms with E-state index in [1.807, 2.05) is 97.9 Å². The van der Waals surface area contributed by atoms with Gasteiger partial charge in [-0.2, -0.15) is 0 Å². The number of ketones is 1. The summed E-state index contributed by atoms with van der Waals surface area (Å²) in [5.74, 6) is -1.12. The molecule has 0 bridgehead atoms. The molecule has 3 nitrogen and oxygen atoms in total. The van der Waals surface area contributed by atoms with Crippen LogP contribution in [-0.2, 0) is 14.3 Å². The molecule has 0 aliphatic heterocycles. The first-order valence-corrected chi connectivity index (χ1v) is 10.4. The summed E-state index contributed by atoms with van der Waals surface area (Å²) in [4.78, 5) is 26.1. The minimum Gasteiger partial charge on any atom is -0.458 e. The number of rotatable bonds is 6. The minimum absolute atomic E-state index is 0.109. The van der Waals surface area contributed by atoms with Gasteiger partial charge in [-0.3, -0.25) is 9.59 Å². The number of carbonyl (C=O) groups excluding carboxylic acids is 2. The van der Waals surface area contributed by atoms with Crippen molar-refractivity contribution in [3.05, 3.63) is 108 Å². The molecule has 0 aromatic heterocycles. The van der Waals surface area contributed by atoms with E-state index in [4.69, 9.17) is 4.74 Å². The second-order valence-corrected chi connectivity index (χ2v) is 8.02. The van der Waals surface area contributed by atoms with Crippen molar-refractivity contribution in [1.82, 2.24) is 0 Å². The third-order valence-corrected chi connectivity index (χ3v) is 6.22. The summed E-state index contributed by atoms with van der Waals surface area (Å²) >= 11 is 0. The minimum atomic E-state index is -0.394. The Balaban J connectivity index is 1.68. The number of esters is 1. The van der Waals surface area contributed by atoms with E-state index in [1.165, 1.54) is 0 Å². The van der Waals surface area contributed by atoms with Crippen LogP contribution in [0.5, 0.6) is 0 Å². The normalized spacial score (nSPS) is 23.8. The maximum absolute atomic E-state index is 13.4. The van der Waals surface area contributed by atoms with Crippen molar-refractivity contribution in [3.8, 4) is 0 Å². The highest BCUT2D eigenvalue weighted by Gasteiger charge is 2.57. The van der Waals surface area contributed by atoms with Crippen LogP contribution in [0.3, 0.4) is 0 Å². The van der Waals surface area contributed by atoms with Crippen molar-refractivity contribution in [2.24, 2.45) is 11.8 Å². The van der Waals surface area contributed by atoms with Gasteiger partial charge in [-0.25, -0.2) is 0 Å². The quantitative estimate of drug-likeness (QED) is 0.501. The first kappa shape index (κ1) is 20.1. The fourth-order valence-corrected chi connectivity index (χ4v) is 4.77. The molecule has 0 saturated heterocycles. The molecular formula is C27H26O3. The maximum Gasteiger partial charge on any atom is 0.310 e. The summed E-state index contributed by atoms with van der Waals surface area (Å²) < 4.78 is 5.92. The molecule has 3 heteroatoms. The van der Waals surface area contributed by atoms with Gasteiger partial charge in [-0.05, 0) is 30.5 Å². The Labute approximate surface area is 177 Å². The van der Waals surface area contributed by atoms with Crippen molar-refractivity contribution >= 4 is 11.8 Å². The molecule has 1 fully saturated rings. The zero-order valence-corrected chi connectivity index (χ0v) is 17.3. The van der Waals surface area contributed by atoms with Crippen LogP contribution in [0.1, 0.15) is 48.5 Å². The molecule has 152 valence electrons. The number of benzene rings is 3. The molecule has 0 N–H and O–H groups in total. The summed E-state index contributed by atoms with van der Waals surface area (Å²) in [6.45, 7) is 3.52. The van der Waals surface area contributed by atoms with Gasteiger partial charge in [0.25, 0.3) is 0 Å². The van der Waals surface area contributed by atoms with Gasteiger partial charge in [0.2, 0.25) is 0 Å². The van der Waals surface area contributed by atoms with Gasteiger partial charge in [0.05, 0.1) is 5.92 Å².